The number of benzene rings is 3. The predicted molar refractivity (Wildman–Crippen MR) is 109 cm³/mol. The lowest BCUT2D eigenvalue weighted by Gasteiger charge is -2.14. The minimum atomic E-state index is -0.847. The largest absolute Gasteiger partial charge is 0.497 e. The Morgan fingerprint density at radius 1 is 0.893 bits per heavy atom. The van der Waals surface area contributed by atoms with Crippen molar-refractivity contribution in [1.82, 2.24) is 0 Å². The van der Waals surface area contributed by atoms with Crippen LogP contribution in [0.1, 0.15) is 22.6 Å². The molecule has 1 N–H and O–H groups in total. The Kier molecular flexibility index (Phi) is 6.68. The van der Waals surface area contributed by atoms with E-state index < -0.39 is 11.9 Å². The molecule has 4 heteroatoms. The van der Waals surface area contributed by atoms with E-state index in [4.69, 9.17) is 9.47 Å². The van der Waals surface area contributed by atoms with E-state index in [1.54, 1.807) is 31.4 Å². The molecule has 1 unspecified atom stereocenters. The van der Waals surface area contributed by atoms with E-state index in [1.165, 1.54) is 5.56 Å². The van der Waals surface area contributed by atoms with Crippen LogP contribution in [0.3, 0.4) is 0 Å². The second-order valence-corrected chi connectivity index (χ2v) is 6.60. The van der Waals surface area contributed by atoms with Crippen molar-refractivity contribution >= 4 is 5.97 Å². The van der Waals surface area contributed by atoms with Crippen molar-refractivity contribution in [3.63, 3.8) is 0 Å². The fourth-order valence-corrected chi connectivity index (χ4v) is 3.11. The molecule has 0 amide bonds. The van der Waals surface area contributed by atoms with Gasteiger partial charge < -0.3 is 14.6 Å². The molecule has 3 aromatic carbocycles. The minimum Gasteiger partial charge on any atom is -0.497 e. The van der Waals surface area contributed by atoms with Gasteiger partial charge >= 0.3 is 5.97 Å². The molecule has 0 saturated heterocycles. The first-order chi connectivity index (χ1) is 13.7. The van der Waals surface area contributed by atoms with E-state index in [0.29, 0.717) is 18.8 Å². The highest BCUT2D eigenvalue weighted by molar-refractivity contribution is 5.76. The molecule has 28 heavy (non-hydrogen) atoms. The van der Waals surface area contributed by atoms with Crippen LogP contribution in [0.2, 0.25) is 0 Å². The second-order valence-electron chi connectivity index (χ2n) is 6.60. The highest BCUT2D eigenvalue weighted by Gasteiger charge is 2.20. The van der Waals surface area contributed by atoms with Crippen molar-refractivity contribution in [1.29, 1.82) is 0 Å². The summed E-state index contributed by atoms with van der Waals surface area (Å²) in [7, 11) is 1.59. The van der Waals surface area contributed by atoms with Gasteiger partial charge in [-0.25, -0.2) is 0 Å². The zero-order valence-electron chi connectivity index (χ0n) is 15.9. The average Bonchev–Trinajstić information content (AvgIpc) is 2.73. The van der Waals surface area contributed by atoms with Crippen LogP contribution in [-0.2, 0) is 17.6 Å². The quantitative estimate of drug-likeness (QED) is 0.587. The first-order valence-electron chi connectivity index (χ1n) is 9.28. The fourth-order valence-electron chi connectivity index (χ4n) is 3.11. The molecule has 0 radical (unpaired) electrons. The van der Waals surface area contributed by atoms with Crippen LogP contribution >= 0.6 is 0 Å². The number of rotatable bonds is 9. The summed E-state index contributed by atoms with van der Waals surface area (Å²) in [6.07, 6.45) is 1.23. The molecule has 0 heterocycles. The summed E-state index contributed by atoms with van der Waals surface area (Å²) < 4.78 is 11.0. The Morgan fingerprint density at radius 2 is 1.61 bits per heavy atom. The molecule has 0 spiro atoms. The van der Waals surface area contributed by atoms with E-state index in [2.05, 4.69) is 12.1 Å². The first-order valence-corrected chi connectivity index (χ1v) is 9.28. The zero-order valence-corrected chi connectivity index (χ0v) is 15.9. The molecule has 0 aliphatic rings. The van der Waals surface area contributed by atoms with Crippen LogP contribution in [0.5, 0.6) is 11.5 Å². The summed E-state index contributed by atoms with van der Waals surface area (Å²) >= 11 is 0. The number of hydrogen-bond donors (Lipinski definition) is 1. The maximum Gasteiger partial charge on any atom is 0.311 e. The van der Waals surface area contributed by atoms with Gasteiger partial charge in [0.25, 0.3) is 0 Å². The van der Waals surface area contributed by atoms with Crippen LogP contribution in [0, 0.1) is 0 Å². The highest BCUT2D eigenvalue weighted by atomic mass is 16.5. The van der Waals surface area contributed by atoms with Crippen molar-refractivity contribution in [3.8, 4) is 11.5 Å². The molecule has 0 saturated carbocycles. The van der Waals surface area contributed by atoms with Crippen LogP contribution in [0.25, 0.3) is 0 Å². The van der Waals surface area contributed by atoms with Crippen molar-refractivity contribution in [3.05, 3.63) is 95.6 Å². The minimum absolute atomic E-state index is 0.400. The van der Waals surface area contributed by atoms with Gasteiger partial charge in [-0.05, 0) is 47.4 Å². The molecule has 144 valence electrons. The average molecular weight is 376 g/mol. The third kappa shape index (κ3) is 5.36. The Labute approximate surface area is 165 Å². The summed E-state index contributed by atoms with van der Waals surface area (Å²) in [4.78, 5) is 11.8. The summed E-state index contributed by atoms with van der Waals surface area (Å²) in [5.74, 6) is 0.0000405. The molecule has 3 aromatic rings. The molecule has 0 fully saturated rings. The smallest absolute Gasteiger partial charge is 0.311 e. The maximum absolute atomic E-state index is 11.8. The predicted octanol–water partition coefficient (Wildman–Crippen LogP) is 4.73. The monoisotopic (exact) mass is 376 g/mol. The number of hydrogen-bond acceptors (Lipinski definition) is 3. The Bertz CT molecular complexity index is 888. The molecular weight excluding hydrogens is 352 g/mol. The van der Waals surface area contributed by atoms with Gasteiger partial charge in [0, 0.05) is 6.42 Å². The van der Waals surface area contributed by atoms with Gasteiger partial charge in [0.1, 0.15) is 11.5 Å². The van der Waals surface area contributed by atoms with Gasteiger partial charge in [0.15, 0.2) is 0 Å². The molecule has 0 aliphatic carbocycles. The van der Waals surface area contributed by atoms with Crippen LogP contribution in [-0.4, -0.2) is 24.8 Å². The van der Waals surface area contributed by atoms with Gasteiger partial charge in [-0.15, -0.1) is 0 Å². The zero-order chi connectivity index (χ0) is 19.8. The molecule has 3 rings (SSSR count). The second kappa shape index (κ2) is 9.60. The molecular formula is C24H24O4. The Balaban J connectivity index is 1.65. The van der Waals surface area contributed by atoms with Crippen LogP contribution in [0.15, 0.2) is 78.9 Å². The molecule has 4 nitrogen and oxygen atoms in total. The Morgan fingerprint density at radius 3 is 2.29 bits per heavy atom. The first kappa shape index (κ1) is 19.5. The van der Waals surface area contributed by atoms with Crippen molar-refractivity contribution in [2.45, 2.75) is 18.8 Å². The third-order valence-electron chi connectivity index (χ3n) is 4.66. The van der Waals surface area contributed by atoms with E-state index >= 15 is 0 Å². The number of methoxy groups -OCH3 is 1. The summed E-state index contributed by atoms with van der Waals surface area (Å²) in [6.45, 7) is 0.578. The summed E-state index contributed by atoms with van der Waals surface area (Å²) in [5, 5.41) is 9.69. The van der Waals surface area contributed by atoms with Crippen LogP contribution in [0.4, 0.5) is 0 Å². The third-order valence-corrected chi connectivity index (χ3v) is 4.66. The standard InChI is InChI=1S/C24H24O4/c1-27-21-12-10-20(11-13-21)23(24(25)26)17-19-8-5-9-22(16-19)28-15-14-18-6-3-2-4-7-18/h2-13,16,23H,14-15,17H2,1H3,(H,25,26). The number of carboxylic acids is 1. The molecule has 1 atom stereocenters. The van der Waals surface area contributed by atoms with Gasteiger partial charge in [-0.1, -0.05) is 54.6 Å². The maximum atomic E-state index is 11.8. The van der Waals surface area contributed by atoms with E-state index in [9.17, 15) is 9.90 Å². The normalized spacial score (nSPS) is 11.6. The van der Waals surface area contributed by atoms with E-state index in [1.807, 2.05) is 42.5 Å². The number of aliphatic carboxylic acids is 1. The Hall–Kier alpha value is -3.27. The van der Waals surface area contributed by atoms with Gasteiger partial charge in [-0.3, -0.25) is 4.79 Å². The summed E-state index contributed by atoms with van der Waals surface area (Å²) in [6, 6.07) is 25.0. The van der Waals surface area contributed by atoms with E-state index in [0.717, 1.165) is 23.3 Å². The van der Waals surface area contributed by atoms with Crippen molar-refractivity contribution in [2.24, 2.45) is 0 Å². The summed E-state index contributed by atoms with van der Waals surface area (Å²) in [5.41, 5.74) is 2.91. The van der Waals surface area contributed by atoms with Gasteiger partial charge in [-0.2, -0.15) is 0 Å². The lowest BCUT2D eigenvalue weighted by atomic mass is 9.92. The molecule has 0 aliphatic heterocycles. The SMILES string of the molecule is COc1ccc(C(Cc2cccc(OCCc3ccccc3)c2)C(=O)O)cc1. The van der Waals surface area contributed by atoms with Gasteiger partial charge in [0.05, 0.1) is 19.6 Å². The van der Waals surface area contributed by atoms with Gasteiger partial charge in [0.2, 0.25) is 0 Å². The lowest BCUT2D eigenvalue weighted by Crippen LogP contribution is -2.14. The lowest BCUT2D eigenvalue weighted by molar-refractivity contribution is -0.138. The number of ether oxygens (including phenoxy) is 2. The fraction of sp³-hybridized carbons (Fsp3) is 0.208. The van der Waals surface area contributed by atoms with E-state index in [-0.39, 0.29) is 0 Å². The van der Waals surface area contributed by atoms with Crippen molar-refractivity contribution in [2.75, 3.05) is 13.7 Å². The number of carbonyl (C=O) groups is 1. The molecule has 0 aromatic heterocycles. The van der Waals surface area contributed by atoms with Crippen LogP contribution < -0.4 is 9.47 Å². The topological polar surface area (TPSA) is 55.8 Å². The molecule has 0 bridgehead atoms. The van der Waals surface area contributed by atoms with Crippen molar-refractivity contribution < 1.29 is 19.4 Å². The highest BCUT2D eigenvalue weighted by Crippen LogP contribution is 2.25. The number of carboxylic acid groups (broad SMARTS) is 1.